The highest BCUT2D eigenvalue weighted by atomic mass is 16.3. The van der Waals surface area contributed by atoms with Crippen molar-refractivity contribution in [2.75, 3.05) is 0 Å². The van der Waals surface area contributed by atoms with Crippen LogP contribution in [0.15, 0.2) is 24.5 Å². The van der Waals surface area contributed by atoms with Gasteiger partial charge >= 0.3 is 0 Å². The van der Waals surface area contributed by atoms with Gasteiger partial charge < -0.3 is 9.67 Å². The fourth-order valence-electron chi connectivity index (χ4n) is 1.66. The minimum absolute atomic E-state index is 0.315. The molecule has 0 amide bonds. The second-order valence-electron chi connectivity index (χ2n) is 3.56. The third-order valence-electron chi connectivity index (χ3n) is 2.50. The van der Waals surface area contributed by atoms with E-state index in [1.54, 1.807) is 12.1 Å². The average molecular weight is 174 g/mol. The first-order chi connectivity index (χ1) is 6.34. The first-order valence-electron chi connectivity index (χ1n) is 4.50. The summed E-state index contributed by atoms with van der Waals surface area (Å²) in [7, 11) is 0. The number of phenols is 1. The molecule has 1 aromatic heterocycles. The standard InChI is InChI=1S/C10H10N2O/c13-8-3-4-9-10(5-8)12(6-11-9)7-1-2-7/h3-7,13H,1-2H2. The van der Waals surface area contributed by atoms with E-state index in [0.29, 0.717) is 11.8 Å². The number of imidazole rings is 1. The van der Waals surface area contributed by atoms with Gasteiger partial charge in [0.05, 0.1) is 17.4 Å². The summed E-state index contributed by atoms with van der Waals surface area (Å²) in [6.07, 6.45) is 4.34. The van der Waals surface area contributed by atoms with Crippen molar-refractivity contribution in [1.29, 1.82) is 0 Å². The van der Waals surface area contributed by atoms with Crippen LogP contribution in [-0.4, -0.2) is 14.7 Å². The number of aromatic hydroxyl groups is 1. The normalized spacial score (nSPS) is 16.6. The molecule has 0 bridgehead atoms. The van der Waals surface area contributed by atoms with Gasteiger partial charge in [-0.2, -0.15) is 0 Å². The Balaban J connectivity index is 2.29. The van der Waals surface area contributed by atoms with Crippen molar-refractivity contribution in [1.82, 2.24) is 9.55 Å². The van der Waals surface area contributed by atoms with Crippen LogP contribution in [0.5, 0.6) is 5.75 Å². The molecule has 13 heavy (non-hydrogen) atoms. The van der Waals surface area contributed by atoms with E-state index < -0.39 is 0 Å². The molecule has 1 saturated carbocycles. The number of hydrogen-bond acceptors (Lipinski definition) is 2. The highest BCUT2D eigenvalue weighted by Crippen LogP contribution is 2.37. The quantitative estimate of drug-likeness (QED) is 0.718. The van der Waals surface area contributed by atoms with Crippen molar-refractivity contribution >= 4 is 11.0 Å². The average Bonchev–Trinajstić information content (AvgIpc) is 2.87. The molecule has 0 saturated heterocycles. The summed E-state index contributed by atoms with van der Waals surface area (Å²) in [5, 5.41) is 9.33. The van der Waals surface area contributed by atoms with E-state index in [4.69, 9.17) is 0 Å². The molecule has 1 heterocycles. The maximum absolute atomic E-state index is 9.33. The van der Waals surface area contributed by atoms with Crippen LogP contribution in [0.25, 0.3) is 11.0 Å². The summed E-state index contributed by atoms with van der Waals surface area (Å²) >= 11 is 0. The predicted molar refractivity (Wildman–Crippen MR) is 49.7 cm³/mol. The van der Waals surface area contributed by atoms with Gasteiger partial charge in [0.1, 0.15) is 5.75 Å². The van der Waals surface area contributed by atoms with E-state index >= 15 is 0 Å². The molecule has 66 valence electrons. The Kier molecular flexibility index (Phi) is 1.20. The Morgan fingerprint density at radius 3 is 3.00 bits per heavy atom. The second-order valence-corrected chi connectivity index (χ2v) is 3.56. The van der Waals surface area contributed by atoms with E-state index in [-0.39, 0.29) is 0 Å². The van der Waals surface area contributed by atoms with E-state index in [0.717, 1.165) is 11.0 Å². The molecule has 1 fully saturated rings. The van der Waals surface area contributed by atoms with Crippen LogP contribution < -0.4 is 0 Å². The van der Waals surface area contributed by atoms with Crippen LogP contribution in [0.2, 0.25) is 0 Å². The van der Waals surface area contributed by atoms with Gasteiger partial charge in [0.2, 0.25) is 0 Å². The van der Waals surface area contributed by atoms with Gasteiger partial charge in [-0.1, -0.05) is 0 Å². The van der Waals surface area contributed by atoms with Crippen molar-refractivity contribution in [2.24, 2.45) is 0 Å². The summed E-state index contributed by atoms with van der Waals surface area (Å²) in [4.78, 5) is 4.27. The van der Waals surface area contributed by atoms with Gasteiger partial charge in [-0.25, -0.2) is 4.98 Å². The third-order valence-corrected chi connectivity index (χ3v) is 2.50. The molecule has 2 aromatic rings. The zero-order chi connectivity index (χ0) is 8.84. The number of rotatable bonds is 1. The number of fused-ring (bicyclic) bond motifs is 1. The molecule has 0 spiro atoms. The van der Waals surface area contributed by atoms with Crippen LogP contribution in [0, 0.1) is 0 Å². The van der Waals surface area contributed by atoms with Gasteiger partial charge in [-0.15, -0.1) is 0 Å². The molecule has 0 aliphatic heterocycles. The fourth-order valence-corrected chi connectivity index (χ4v) is 1.66. The number of aromatic nitrogens is 2. The van der Waals surface area contributed by atoms with Crippen molar-refractivity contribution < 1.29 is 5.11 Å². The van der Waals surface area contributed by atoms with Crippen molar-refractivity contribution in [3.63, 3.8) is 0 Å². The largest absolute Gasteiger partial charge is 0.508 e. The molecule has 1 aliphatic carbocycles. The van der Waals surface area contributed by atoms with Crippen LogP contribution in [0.4, 0.5) is 0 Å². The third kappa shape index (κ3) is 1.00. The zero-order valence-electron chi connectivity index (χ0n) is 7.14. The monoisotopic (exact) mass is 174 g/mol. The summed E-state index contributed by atoms with van der Waals surface area (Å²) in [5.41, 5.74) is 2.01. The first kappa shape index (κ1) is 6.95. The minimum atomic E-state index is 0.315. The van der Waals surface area contributed by atoms with E-state index in [9.17, 15) is 5.11 Å². The molecule has 1 N–H and O–H groups in total. The van der Waals surface area contributed by atoms with Gasteiger partial charge in [-0.05, 0) is 25.0 Å². The Hall–Kier alpha value is -1.51. The molecule has 0 atom stereocenters. The van der Waals surface area contributed by atoms with E-state index in [2.05, 4.69) is 9.55 Å². The first-order valence-corrected chi connectivity index (χ1v) is 4.50. The fraction of sp³-hybridized carbons (Fsp3) is 0.300. The number of hydrogen-bond donors (Lipinski definition) is 1. The number of benzene rings is 1. The Bertz CT molecular complexity index is 457. The van der Waals surface area contributed by atoms with E-state index in [1.165, 1.54) is 12.8 Å². The molecule has 1 aromatic carbocycles. The smallest absolute Gasteiger partial charge is 0.117 e. The maximum atomic E-state index is 9.33. The van der Waals surface area contributed by atoms with Crippen LogP contribution in [-0.2, 0) is 0 Å². The Morgan fingerprint density at radius 1 is 1.38 bits per heavy atom. The minimum Gasteiger partial charge on any atom is -0.508 e. The van der Waals surface area contributed by atoms with Crippen molar-refractivity contribution in [3.8, 4) is 5.75 Å². The lowest BCUT2D eigenvalue weighted by Gasteiger charge is -2.00. The predicted octanol–water partition coefficient (Wildman–Crippen LogP) is 2.08. The van der Waals surface area contributed by atoms with Crippen LogP contribution in [0.3, 0.4) is 0 Å². The molecule has 3 rings (SSSR count). The van der Waals surface area contributed by atoms with Crippen molar-refractivity contribution in [3.05, 3.63) is 24.5 Å². The number of nitrogens with zero attached hydrogens (tertiary/aromatic N) is 2. The summed E-state index contributed by atoms with van der Waals surface area (Å²) in [6, 6.07) is 5.92. The second kappa shape index (κ2) is 2.25. The lowest BCUT2D eigenvalue weighted by Crippen LogP contribution is -1.89. The van der Waals surface area contributed by atoms with Crippen LogP contribution >= 0.6 is 0 Å². The molecular formula is C10H10N2O. The summed E-state index contributed by atoms with van der Waals surface area (Å²) < 4.78 is 2.15. The SMILES string of the molecule is Oc1ccc2ncn(C3CC3)c2c1. The van der Waals surface area contributed by atoms with Gasteiger partial charge in [0, 0.05) is 12.1 Å². The molecule has 3 heteroatoms. The maximum Gasteiger partial charge on any atom is 0.117 e. The summed E-state index contributed by atoms with van der Waals surface area (Å²) in [6.45, 7) is 0. The highest BCUT2D eigenvalue weighted by molar-refractivity contribution is 5.77. The zero-order valence-corrected chi connectivity index (χ0v) is 7.14. The highest BCUT2D eigenvalue weighted by Gasteiger charge is 2.24. The molecular weight excluding hydrogens is 164 g/mol. The lowest BCUT2D eigenvalue weighted by atomic mass is 10.3. The van der Waals surface area contributed by atoms with Crippen molar-refractivity contribution in [2.45, 2.75) is 18.9 Å². The summed E-state index contributed by atoms with van der Waals surface area (Å²) in [5.74, 6) is 0.315. The Morgan fingerprint density at radius 2 is 2.23 bits per heavy atom. The van der Waals surface area contributed by atoms with Gasteiger partial charge in [-0.3, -0.25) is 0 Å². The Labute approximate surface area is 75.6 Å². The van der Waals surface area contributed by atoms with E-state index in [1.807, 2.05) is 12.4 Å². The molecule has 0 unspecified atom stereocenters. The van der Waals surface area contributed by atoms with Crippen LogP contribution in [0.1, 0.15) is 18.9 Å². The van der Waals surface area contributed by atoms with Gasteiger partial charge in [0.25, 0.3) is 0 Å². The van der Waals surface area contributed by atoms with Gasteiger partial charge in [0.15, 0.2) is 0 Å². The molecule has 0 radical (unpaired) electrons. The molecule has 1 aliphatic rings. The lowest BCUT2D eigenvalue weighted by molar-refractivity contribution is 0.476. The topological polar surface area (TPSA) is 38.1 Å². The number of phenolic OH excluding ortho intramolecular Hbond substituents is 1. The molecule has 3 nitrogen and oxygen atoms in total.